The molecule has 29 heavy (non-hydrogen) atoms. The van der Waals surface area contributed by atoms with Gasteiger partial charge in [0.05, 0.1) is 6.54 Å². The van der Waals surface area contributed by atoms with E-state index in [-0.39, 0.29) is 17.4 Å². The van der Waals surface area contributed by atoms with Crippen molar-refractivity contribution < 1.29 is 4.79 Å². The second kappa shape index (κ2) is 10.3. The van der Waals surface area contributed by atoms with E-state index in [2.05, 4.69) is 75.4 Å². The molecule has 0 spiro atoms. The van der Waals surface area contributed by atoms with E-state index in [1.54, 1.807) is 0 Å². The summed E-state index contributed by atoms with van der Waals surface area (Å²) in [4.78, 5) is 15.2. The molecule has 2 atom stereocenters. The van der Waals surface area contributed by atoms with E-state index in [4.69, 9.17) is 11.6 Å². The minimum Gasteiger partial charge on any atom is -0.345 e. The monoisotopic (exact) mass is 416 g/mol. The van der Waals surface area contributed by atoms with Crippen molar-refractivity contribution in [2.75, 3.05) is 0 Å². The van der Waals surface area contributed by atoms with Crippen molar-refractivity contribution in [1.29, 1.82) is 0 Å². The molecule has 4 heteroatoms. The Morgan fingerprint density at radius 1 is 1.17 bits per heavy atom. The molecule has 2 rings (SSSR count). The molecule has 0 fully saturated rings. The lowest BCUT2D eigenvalue weighted by Gasteiger charge is -2.31. The quantitative estimate of drug-likeness (QED) is 0.442. The lowest BCUT2D eigenvalue weighted by molar-refractivity contribution is -0.135. The topological polar surface area (TPSA) is 25.2 Å². The Morgan fingerprint density at radius 3 is 2.52 bits per heavy atom. The highest BCUT2D eigenvalue weighted by atomic mass is 35.5. The molecule has 160 valence electrons. The van der Waals surface area contributed by atoms with Gasteiger partial charge in [-0.15, -0.1) is 0 Å². The molecular weight excluding hydrogens is 380 g/mol. The summed E-state index contributed by atoms with van der Waals surface area (Å²) in [6.07, 6.45) is 4.70. The zero-order valence-corrected chi connectivity index (χ0v) is 19.7. The predicted octanol–water partition coefficient (Wildman–Crippen LogP) is 6.78. The maximum Gasteiger partial charge on any atom is 0.223 e. The fourth-order valence-corrected chi connectivity index (χ4v) is 4.21. The van der Waals surface area contributed by atoms with Gasteiger partial charge in [-0.1, -0.05) is 58.4 Å². The zero-order chi connectivity index (χ0) is 21.6. The van der Waals surface area contributed by atoms with Gasteiger partial charge in [-0.25, -0.2) is 0 Å². The van der Waals surface area contributed by atoms with Crippen LogP contribution in [0.25, 0.3) is 0 Å². The van der Waals surface area contributed by atoms with Gasteiger partial charge >= 0.3 is 0 Å². The Labute approximate surface area is 182 Å². The molecule has 0 unspecified atom stereocenters. The smallest absolute Gasteiger partial charge is 0.223 e. The van der Waals surface area contributed by atoms with Gasteiger partial charge in [0.25, 0.3) is 0 Å². The van der Waals surface area contributed by atoms with Gasteiger partial charge in [0.2, 0.25) is 5.91 Å². The van der Waals surface area contributed by atoms with Gasteiger partial charge in [0.1, 0.15) is 0 Å². The molecule has 1 aromatic carbocycles. The van der Waals surface area contributed by atoms with Crippen molar-refractivity contribution in [3.05, 3.63) is 58.9 Å². The van der Waals surface area contributed by atoms with Crippen molar-refractivity contribution in [3.8, 4) is 0 Å². The van der Waals surface area contributed by atoms with Crippen molar-refractivity contribution in [3.63, 3.8) is 0 Å². The predicted molar refractivity (Wildman–Crippen MR) is 123 cm³/mol. The fourth-order valence-electron chi connectivity index (χ4n) is 4.00. The SMILES string of the molecule is CC[C@H](C)N(Cc1cccn1Cc1cccc(Cl)c1)C(=O)C[C@@H](C)CC(C)(C)C. The molecule has 1 aromatic heterocycles. The molecular formula is C25H37ClN2O. The molecule has 0 aliphatic rings. The Morgan fingerprint density at radius 2 is 1.90 bits per heavy atom. The molecule has 0 aliphatic heterocycles. The fraction of sp³-hybridized carbons (Fsp3) is 0.560. The second-order valence-electron chi connectivity index (χ2n) is 9.61. The number of nitrogens with zero attached hydrogens (tertiary/aromatic N) is 2. The molecule has 3 nitrogen and oxygen atoms in total. The minimum absolute atomic E-state index is 0.221. The van der Waals surface area contributed by atoms with Crippen LogP contribution in [0.1, 0.15) is 72.1 Å². The first kappa shape index (κ1) is 23.5. The van der Waals surface area contributed by atoms with Gasteiger partial charge in [-0.05, 0) is 60.9 Å². The van der Waals surface area contributed by atoms with Crippen LogP contribution in [0.4, 0.5) is 0 Å². The van der Waals surface area contributed by atoms with Crippen LogP contribution in [-0.2, 0) is 17.9 Å². The number of amides is 1. The van der Waals surface area contributed by atoms with Crippen LogP contribution in [-0.4, -0.2) is 21.4 Å². The van der Waals surface area contributed by atoms with Crippen molar-refractivity contribution >= 4 is 17.5 Å². The maximum absolute atomic E-state index is 13.2. The Hall–Kier alpha value is -1.74. The van der Waals surface area contributed by atoms with E-state index >= 15 is 0 Å². The van der Waals surface area contributed by atoms with Gasteiger partial charge in [-0.2, -0.15) is 0 Å². The Balaban J connectivity index is 2.13. The first-order valence-electron chi connectivity index (χ1n) is 10.8. The van der Waals surface area contributed by atoms with Crippen LogP contribution in [0.5, 0.6) is 0 Å². The Bertz CT molecular complexity index is 790. The third-order valence-corrected chi connectivity index (χ3v) is 5.66. The lowest BCUT2D eigenvalue weighted by Crippen LogP contribution is -2.39. The highest BCUT2D eigenvalue weighted by Crippen LogP contribution is 2.27. The summed E-state index contributed by atoms with van der Waals surface area (Å²) in [6, 6.07) is 12.3. The number of rotatable bonds is 9. The highest BCUT2D eigenvalue weighted by molar-refractivity contribution is 6.30. The molecule has 0 radical (unpaired) electrons. The molecule has 2 aromatic rings. The van der Waals surface area contributed by atoms with E-state index in [1.807, 2.05) is 18.2 Å². The molecule has 0 saturated heterocycles. The summed E-state index contributed by atoms with van der Waals surface area (Å²) >= 11 is 6.14. The number of carbonyl (C=O) groups excluding carboxylic acids is 1. The highest BCUT2D eigenvalue weighted by Gasteiger charge is 2.24. The summed E-state index contributed by atoms with van der Waals surface area (Å²) < 4.78 is 2.22. The molecule has 1 heterocycles. The van der Waals surface area contributed by atoms with Gasteiger partial charge < -0.3 is 9.47 Å². The van der Waals surface area contributed by atoms with E-state index in [0.29, 0.717) is 18.9 Å². The van der Waals surface area contributed by atoms with Crippen molar-refractivity contribution in [2.24, 2.45) is 11.3 Å². The summed E-state index contributed by atoms with van der Waals surface area (Å²) in [6.45, 7) is 14.6. The minimum atomic E-state index is 0.221. The largest absolute Gasteiger partial charge is 0.345 e. The molecule has 0 bridgehead atoms. The third-order valence-electron chi connectivity index (χ3n) is 5.42. The number of aromatic nitrogens is 1. The van der Waals surface area contributed by atoms with Gasteiger partial charge in [-0.3, -0.25) is 4.79 Å². The zero-order valence-electron chi connectivity index (χ0n) is 18.9. The summed E-state index contributed by atoms with van der Waals surface area (Å²) in [7, 11) is 0. The normalized spacial score (nSPS) is 13.9. The van der Waals surface area contributed by atoms with Crippen LogP contribution >= 0.6 is 11.6 Å². The standard InChI is InChI=1S/C25H37ClN2O/c1-7-20(3)28(24(29)14-19(2)16-25(4,5)6)18-23-12-9-13-27(23)17-21-10-8-11-22(26)15-21/h8-13,15,19-20H,7,14,16-18H2,1-6H3/t19-,20+/m1/s1. The number of hydrogen-bond donors (Lipinski definition) is 0. The molecule has 0 aliphatic carbocycles. The first-order chi connectivity index (χ1) is 13.6. The van der Waals surface area contributed by atoms with Crippen molar-refractivity contribution in [1.82, 2.24) is 9.47 Å². The van der Waals surface area contributed by atoms with Crippen LogP contribution in [0.3, 0.4) is 0 Å². The second-order valence-corrected chi connectivity index (χ2v) is 10.0. The van der Waals surface area contributed by atoms with E-state index < -0.39 is 0 Å². The molecule has 0 N–H and O–H groups in total. The number of hydrogen-bond acceptors (Lipinski definition) is 1. The molecule has 1 amide bonds. The summed E-state index contributed by atoms with van der Waals surface area (Å²) in [5, 5.41) is 0.750. The summed E-state index contributed by atoms with van der Waals surface area (Å²) in [5.41, 5.74) is 2.56. The van der Waals surface area contributed by atoms with Gasteiger partial charge in [0.15, 0.2) is 0 Å². The average molecular weight is 417 g/mol. The van der Waals surface area contributed by atoms with E-state index in [9.17, 15) is 4.79 Å². The van der Waals surface area contributed by atoms with Crippen LogP contribution in [0.15, 0.2) is 42.6 Å². The van der Waals surface area contributed by atoms with E-state index in [0.717, 1.165) is 35.7 Å². The number of carbonyl (C=O) groups is 1. The molecule has 0 saturated carbocycles. The maximum atomic E-state index is 13.2. The lowest BCUT2D eigenvalue weighted by atomic mass is 9.84. The number of halogens is 1. The Kier molecular flexibility index (Phi) is 8.39. The van der Waals surface area contributed by atoms with Crippen LogP contribution in [0, 0.1) is 11.3 Å². The third kappa shape index (κ3) is 7.54. The number of benzene rings is 1. The van der Waals surface area contributed by atoms with Gasteiger partial charge in [0, 0.05) is 35.9 Å². The average Bonchev–Trinajstić information content (AvgIpc) is 3.04. The van der Waals surface area contributed by atoms with Crippen LogP contribution in [0.2, 0.25) is 5.02 Å². The van der Waals surface area contributed by atoms with E-state index in [1.165, 1.54) is 0 Å². The first-order valence-corrected chi connectivity index (χ1v) is 11.1. The van der Waals surface area contributed by atoms with Crippen molar-refractivity contribution in [2.45, 2.75) is 79.9 Å². The summed E-state index contributed by atoms with van der Waals surface area (Å²) in [5.74, 6) is 0.638. The van der Waals surface area contributed by atoms with Crippen LogP contribution < -0.4 is 0 Å².